The van der Waals surface area contributed by atoms with Crippen molar-refractivity contribution in [1.29, 1.82) is 0 Å². The third kappa shape index (κ3) is 3.87. The quantitative estimate of drug-likeness (QED) is 0.871. The number of likely N-dealkylation sites (N-methyl/N-ethyl adjacent to an activating group) is 1. The minimum atomic E-state index is -1.10. The standard InChI is InChI=1S/C11H15ClN2O3/c1-7-9(12)6-8(11(15)16)10(13-7)17-5-4-14(2)3/h6H,4-5H2,1-3H3,(H,15,16). The highest BCUT2D eigenvalue weighted by molar-refractivity contribution is 6.31. The van der Waals surface area contributed by atoms with Crippen molar-refractivity contribution >= 4 is 17.6 Å². The van der Waals surface area contributed by atoms with E-state index in [9.17, 15) is 4.79 Å². The molecule has 0 aromatic carbocycles. The molecule has 1 rings (SSSR count). The molecule has 6 heteroatoms. The first kappa shape index (κ1) is 13.7. The average molecular weight is 259 g/mol. The molecule has 5 nitrogen and oxygen atoms in total. The van der Waals surface area contributed by atoms with E-state index in [0.29, 0.717) is 23.9 Å². The molecule has 1 N–H and O–H groups in total. The molecule has 0 aliphatic rings. The van der Waals surface area contributed by atoms with Gasteiger partial charge in [-0.25, -0.2) is 9.78 Å². The Bertz CT molecular complexity index is 421. The zero-order valence-corrected chi connectivity index (χ0v) is 10.8. The van der Waals surface area contributed by atoms with Crippen molar-refractivity contribution in [2.45, 2.75) is 6.92 Å². The third-order valence-electron chi connectivity index (χ3n) is 2.12. The summed E-state index contributed by atoms with van der Waals surface area (Å²) in [6, 6.07) is 1.36. The number of aromatic carboxylic acids is 1. The van der Waals surface area contributed by atoms with Crippen LogP contribution < -0.4 is 4.74 Å². The fourth-order valence-electron chi connectivity index (χ4n) is 1.15. The molecule has 0 amide bonds. The van der Waals surface area contributed by atoms with E-state index in [4.69, 9.17) is 21.4 Å². The van der Waals surface area contributed by atoms with E-state index in [-0.39, 0.29) is 11.4 Å². The number of carboxylic acids is 1. The Morgan fingerprint density at radius 1 is 1.59 bits per heavy atom. The van der Waals surface area contributed by atoms with Gasteiger partial charge in [-0.05, 0) is 27.1 Å². The van der Waals surface area contributed by atoms with Crippen molar-refractivity contribution in [3.05, 3.63) is 22.3 Å². The average Bonchev–Trinajstić information content (AvgIpc) is 2.22. The topological polar surface area (TPSA) is 62.7 Å². The van der Waals surface area contributed by atoms with Gasteiger partial charge in [0.15, 0.2) is 0 Å². The van der Waals surface area contributed by atoms with E-state index >= 15 is 0 Å². The number of hydrogen-bond donors (Lipinski definition) is 1. The van der Waals surface area contributed by atoms with Crippen molar-refractivity contribution in [1.82, 2.24) is 9.88 Å². The van der Waals surface area contributed by atoms with Gasteiger partial charge in [-0.3, -0.25) is 0 Å². The summed E-state index contributed by atoms with van der Waals surface area (Å²) in [5, 5.41) is 9.32. The number of pyridine rings is 1. The summed E-state index contributed by atoms with van der Waals surface area (Å²) in [6.07, 6.45) is 0. The van der Waals surface area contributed by atoms with E-state index in [0.717, 1.165) is 0 Å². The number of carboxylic acid groups (broad SMARTS) is 1. The van der Waals surface area contributed by atoms with Gasteiger partial charge >= 0.3 is 5.97 Å². The van der Waals surface area contributed by atoms with Crippen LogP contribution >= 0.6 is 11.6 Å². The van der Waals surface area contributed by atoms with Crippen molar-refractivity contribution in [3.63, 3.8) is 0 Å². The van der Waals surface area contributed by atoms with E-state index in [2.05, 4.69) is 4.98 Å². The summed E-state index contributed by atoms with van der Waals surface area (Å²) >= 11 is 5.82. The van der Waals surface area contributed by atoms with Crippen LogP contribution in [0.3, 0.4) is 0 Å². The lowest BCUT2D eigenvalue weighted by molar-refractivity contribution is 0.0690. The normalized spacial score (nSPS) is 10.6. The van der Waals surface area contributed by atoms with E-state index < -0.39 is 5.97 Å². The number of hydrogen-bond acceptors (Lipinski definition) is 4. The molecule has 0 radical (unpaired) electrons. The van der Waals surface area contributed by atoms with Gasteiger partial charge in [0.05, 0.1) is 10.7 Å². The predicted octanol–water partition coefficient (Wildman–Crippen LogP) is 1.68. The van der Waals surface area contributed by atoms with Gasteiger partial charge in [0.1, 0.15) is 12.2 Å². The molecule has 17 heavy (non-hydrogen) atoms. The molecular weight excluding hydrogens is 244 g/mol. The Balaban J connectivity index is 2.89. The molecular formula is C11H15ClN2O3. The third-order valence-corrected chi connectivity index (χ3v) is 2.51. The first-order valence-electron chi connectivity index (χ1n) is 5.09. The van der Waals surface area contributed by atoms with Gasteiger partial charge in [0.25, 0.3) is 0 Å². The van der Waals surface area contributed by atoms with E-state index in [1.165, 1.54) is 6.07 Å². The smallest absolute Gasteiger partial charge is 0.341 e. The molecule has 0 spiro atoms. The summed E-state index contributed by atoms with van der Waals surface area (Å²) < 4.78 is 5.35. The van der Waals surface area contributed by atoms with Crippen molar-refractivity contribution in [2.75, 3.05) is 27.2 Å². The van der Waals surface area contributed by atoms with Gasteiger partial charge in [-0.2, -0.15) is 0 Å². The minimum Gasteiger partial charge on any atom is -0.477 e. The maximum atomic E-state index is 11.0. The molecule has 0 saturated heterocycles. The molecule has 0 fully saturated rings. The van der Waals surface area contributed by atoms with Gasteiger partial charge in [-0.15, -0.1) is 0 Å². The summed E-state index contributed by atoms with van der Waals surface area (Å²) in [5.41, 5.74) is 0.538. The second-order valence-electron chi connectivity index (χ2n) is 3.87. The zero-order chi connectivity index (χ0) is 13.0. The van der Waals surface area contributed by atoms with Crippen LogP contribution in [0, 0.1) is 6.92 Å². The molecule has 0 unspecified atom stereocenters. The molecule has 1 aromatic rings. The maximum absolute atomic E-state index is 11.0. The Morgan fingerprint density at radius 3 is 2.76 bits per heavy atom. The van der Waals surface area contributed by atoms with Crippen LogP contribution in [0.1, 0.15) is 16.1 Å². The highest BCUT2D eigenvalue weighted by Gasteiger charge is 2.15. The van der Waals surface area contributed by atoms with Crippen LogP contribution in [-0.4, -0.2) is 48.2 Å². The Kier molecular flexibility index (Phi) is 4.72. The highest BCUT2D eigenvalue weighted by atomic mass is 35.5. The van der Waals surface area contributed by atoms with E-state index in [1.807, 2.05) is 19.0 Å². The van der Waals surface area contributed by atoms with Gasteiger partial charge in [0, 0.05) is 6.54 Å². The van der Waals surface area contributed by atoms with Gasteiger partial charge in [-0.1, -0.05) is 11.6 Å². The fourth-order valence-corrected chi connectivity index (χ4v) is 1.30. The molecule has 0 aliphatic carbocycles. The second-order valence-corrected chi connectivity index (χ2v) is 4.27. The minimum absolute atomic E-state index is 0.0145. The van der Waals surface area contributed by atoms with Crippen LogP contribution in [0.25, 0.3) is 0 Å². The highest BCUT2D eigenvalue weighted by Crippen LogP contribution is 2.23. The lowest BCUT2D eigenvalue weighted by Crippen LogP contribution is -2.20. The van der Waals surface area contributed by atoms with E-state index in [1.54, 1.807) is 6.92 Å². The first-order chi connectivity index (χ1) is 7.91. The number of aromatic nitrogens is 1. The molecule has 1 heterocycles. The number of carbonyl (C=O) groups is 1. The molecule has 0 bridgehead atoms. The van der Waals surface area contributed by atoms with Crippen LogP contribution in [0.15, 0.2) is 6.07 Å². The molecule has 0 saturated carbocycles. The molecule has 94 valence electrons. The predicted molar refractivity (Wildman–Crippen MR) is 65.0 cm³/mol. The lowest BCUT2D eigenvalue weighted by atomic mass is 10.2. The monoisotopic (exact) mass is 258 g/mol. The number of nitrogens with zero attached hydrogens (tertiary/aromatic N) is 2. The number of aryl methyl sites for hydroxylation is 1. The Labute approximate surface area is 105 Å². The van der Waals surface area contributed by atoms with Gasteiger partial charge < -0.3 is 14.7 Å². The fraction of sp³-hybridized carbons (Fsp3) is 0.455. The number of ether oxygens (including phenoxy) is 1. The Hall–Kier alpha value is -1.33. The second kappa shape index (κ2) is 5.84. The maximum Gasteiger partial charge on any atom is 0.341 e. The first-order valence-corrected chi connectivity index (χ1v) is 5.47. The SMILES string of the molecule is Cc1nc(OCCN(C)C)c(C(=O)O)cc1Cl. The van der Waals surface area contributed by atoms with Gasteiger partial charge in [0.2, 0.25) is 5.88 Å². The summed E-state index contributed by atoms with van der Waals surface area (Å²) in [6.45, 7) is 2.76. The molecule has 0 atom stereocenters. The number of rotatable bonds is 5. The summed E-state index contributed by atoms with van der Waals surface area (Å²) in [4.78, 5) is 17.0. The largest absolute Gasteiger partial charge is 0.477 e. The summed E-state index contributed by atoms with van der Waals surface area (Å²) in [5.74, 6) is -0.986. The van der Waals surface area contributed by atoms with Crippen LogP contribution in [0.4, 0.5) is 0 Å². The van der Waals surface area contributed by atoms with Crippen molar-refractivity contribution < 1.29 is 14.6 Å². The van der Waals surface area contributed by atoms with Crippen LogP contribution in [-0.2, 0) is 0 Å². The van der Waals surface area contributed by atoms with Crippen molar-refractivity contribution in [3.8, 4) is 5.88 Å². The molecule has 1 aromatic heterocycles. The Morgan fingerprint density at radius 2 is 2.24 bits per heavy atom. The van der Waals surface area contributed by atoms with Crippen LogP contribution in [0.2, 0.25) is 5.02 Å². The number of halogens is 1. The van der Waals surface area contributed by atoms with Crippen molar-refractivity contribution in [2.24, 2.45) is 0 Å². The van der Waals surface area contributed by atoms with Crippen LogP contribution in [0.5, 0.6) is 5.88 Å². The molecule has 0 aliphatic heterocycles. The zero-order valence-electron chi connectivity index (χ0n) is 10.0. The lowest BCUT2D eigenvalue weighted by Gasteiger charge is -2.12. The summed E-state index contributed by atoms with van der Waals surface area (Å²) in [7, 11) is 3.81.